The van der Waals surface area contributed by atoms with Gasteiger partial charge in [0.1, 0.15) is 16.0 Å². The zero-order chi connectivity index (χ0) is 13.7. The number of benzene rings is 1. The van der Waals surface area contributed by atoms with Crippen molar-refractivity contribution in [2.75, 3.05) is 21.3 Å². The minimum absolute atomic E-state index is 0.0628. The number of ether oxygens (including phenoxy) is 3. The molecule has 0 aliphatic carbocycles. The van der Waals surface area contributed by atoms with Crippen molar-refractivity contribution in [1.29, 1.82) is 0 Å². The van der Waals surface area contributed by atoms with Gasteiger partial charge in [0.25, 0.3) is 0 Å². The molecule has 5 nitrogen and oxygen atoms in total. The Hall–Kier alpha value is -1.56. The molecule has 0 fully saturated rings. The molecule has 0 saturated heterocycles. The van der Waals surface area contributed by atoms with Crippen LogP contribution >= 0.6 is 15.9 Å². The molecule has 1 aromatic carbocycles. The lowest BCUT2D eigenvalue weighted by molar-refractivity contribution is -0.151. The Kier molecular flexibility index (Phi) is 5.15. The highest BCUT2D eigenvalue weighted by atomic mass is 79.9. The molecule has 0 bridgehead atoms. The summed E-state index contributed by atoms with van der Waals surface area (Å²) < 4.78 is 15.3. The van der Waals surface area contributed by atoms with Crippen molar-refractivity contribution in [2.45, 2.75) is 6.42 Å². The van der Waals surface area contributed by atoms with Gasteiger partial charge in [-0.25, -0.2) is 4.79 Å². The molecule has 0 saturated carbocycles. The molecule has 0 radical (unpaired) electrons. The first-order valence-corrected chi connectivity index (χ1v) is 5.84. The number of esters is 1. The highest BCUT2D eigenvalue weighted by Gasteiger charge is 2.17. The second kappa shape index (κ2) is 6.39. The van der Waals surface area contributed by atoms with Crippen molar-refractivity contribution in [3.8, 4) is 11.5 Å². The maximum absolute atomic E-state index is 11.5. The first kappa shape index (κ1) is 14.5. The molecule has 0 amide bonds. The van der Waals surface area contributed by atoms with E-state index in [1.54, 1.807) is 12.1 Å². The van der Waals surface area contributed by atoms with Gasteiger partial charge in [0.15, 0.2) is 0 Å². The molecule has 98 valence electrons. The van der Waals surface area contributed by atoms with E-state index in [0.29, 0.717) is 21.5 Å². The molecule has 0 aliphatic rings. The summed E-state index contributed by atoms with van der Waals surface area (Å²) in [6.45, 7) is 0. The van der Waals surface area contributed by atoms with Crippen LogP contribution in [-0.4, -0.2) is 33.1 Å². The van der Waals surface area contributed by atoms with Crippen molar-refractivity contribution in [2.24, 2.45) is 0 Å². The number of ketones is 1. The van der Waals surface area contributed by atoms with Gasteiger partial charge in [-0.3, -0.25) is 4.79 Å². The lowest BCUT2D eigenvalue weighted by atomic mass is 10.1. The number of carbonyl (C=O) groups excluding carboxylic acids is 2. The third-order valence-electron chi connectivity index (χ3n) is 2.28. The van der Waals surface area contributed by atoms with Gasteiger partial charge in [-0.15, -0.1) is 0 Å². The fraction of sp³-hybridized carbons (Fsp3) is 0.333. The number of methoxy groups -OCH3 is 3. The first-order valence-electron chi connectivity index (χ1n) is 5.05. The van der Waals surface area contributed by atoms with Crippen LogP contribution < -0.4 is 9.47 Å². The van der Waals surface area contributed by atoms with E-state index in [-0.39, 0.29) is 6.42 Å². The van der Waals surface area contributed by atoms with Crippen LogP contribution in [0, 0.1) is 0 Å². The van der Waals surface area contributed by atoms with Gasteiger partial charge in [0.2, 0.25) is 5.78 Å². The number of halogens is 1. The number of hydrogen-bond donors (Lipinski definition) is 0. The summed E-state index contributed by atoms with van der Waals surface area (Å²) in [4.78, 5) is 22.5. The molecule has 0 atom stereocenters. The standard InChI is InChI=1S/C12H13BrO5/c1-16-9-5-7(4-8(14)12(15)18-3)6-10(17-2)11(9)13/h5-6H,4H2,1-3H3. The lowest BCUT2D eigenvalue weighted by Crippen LogP contribution is -2.17. The molecule has 0 spiro atoms. The van der Waals surface area contributed by atoms with E-state index in [2.05, 4.69) is 20.7 Å². The van der Waals surface area contributed by atoms with Gasteiger partial charge >= 0.3 is 5.97 Å². The topological polar surface area (TPSA) is 61.8 Å². The molecule has 0 aromatic heterocycles. The van der Waals surface area contributed by atoms with E-state index in [0.717, 1.165) is 0 Å². The predicted molar refractivity (Wildman–Crippen MR) is 68.0 cm³/mol. The average molecular weight is 317 g/mol. The van der Waals surface area contributed by atoms with Gasteiger partial charge in [-0.2, -0.15) is 0 Å². The fourth-order valence-electron chi connectivity index (χ4n) is 1.40. The van der Waals surface area contributed by atoms with Crippen LogP contribution in [0.5, 0.6) is 11.5 Å². The van der Waals surface area contributed by atoms with Crippen molar-refractivity contribution >= 4 is 27.7 Å². The number of Topliss-reactive ketones (excluding diaryl/α,β-unsaturated/α-hetero) is 1. The fourth-order valence-corrected chi connectivity index (χ4v) is 1.95. The van der Waals surface area contributed by atoms with Crippen LogP contribution in [0.15, 0.2) is 16.6 Å². The van der Waals surface area contributed by atoms with Crippen molar-refractivity contribution < 1.29 is 23.8 Å². The number of hydrogen-bond acceptors (Lipinski definition) is 5. The zero-order valence-electron chi connectivity index (χ0n) is 10.3. The van der Waals surface area contributed by atoms with Crippen LogP contribution in [0.25, 0.3) is 0 Å². The molecule has 0 heterocycles. The Balaban J connectivity index is 3.03. The van der Waals surface area contributed by atoms with Crippen LogP contribution in [0.2, 0.25) is 0 Å². The van der Waals surface area contributed by atoms with Gasteiger partial charge < -0.3 is 14.2 Å². The summed E-state index contributed by atoms with van der Waals surface area (Å²) in [7, 11) is 4.18. The maximum Gasteiger partial charge on any atom is 0.374 e. The van der Waals surface area contributed by atoms with Gasteiger partial charge in [-0.05, 0) is 33.6 Å². The Labute approximate surface area is 113 Å². The smallest absolute Gasteiger partial charge is 0.374 e. The van der Waals surface area contributed by atoms with Crippen LogP contribution in [0.3, 0.4) is 0 Å². The van der Waals surface area contributed by atoms with E-state index in [9.17, 15) is 9.59 Å². The zero-order valence-corrected chi connectivity index (χ0v) is 11.9. The van der Waals surface area contributed by atoms with E-state index in [4.69, 9.17) is 9.47 Å². The minimum Gasteiger partial charge on any atom is -0.495 e. The highest BCUT2D eigenvalue weighted by Crippen LogP contribution is 2.35. The van der Waals surface area contributed by atoms with Crippen LogP contribution in [0.1, 0.15) is 5.56 Å². The number of carbonyl (C=O) groups is 2. The van der Waals surface area contributed by atoms with Crippen molar-refractivity contribution in [1.82, 2.24) is 0 Å². The molecule has 1 aromatic rings. The van der Waals surface area contributed by atoms with Gasteiger partial charge in [0, 0.05) is 6.42 Å². The normalized spacial score (nSPS) is 9.78. The maximum atomic E-state index is 11.5. The highest BCUT2D eigenvalue weighted by molar-refractivity contribution is 9.10. The summed E-state index contributed by atoms with van der Waals surface area (Å²) in [5, 5.41) is 0. The minimum atomic E-state index is -0.865. The quantitative estimate of drug-likeness (QED) is 0.612. The third-order valence-corrected chi connectivity index (χ3v) is 3.06. The third kappa shape index (κ3) is 3.22. The summed E-state index contributed by atoms with van der Waals surface area (Å²) >= 11 is 3.32. The second-order valence-electron chi connectivity index (χ2n) is 3.41. The van der Waals surface area contributed by atoms with E-state index < -0.39 is 11.8 Å². The monoisotopic (exact) mass is 316 g/mol. The molecule has 0 N–H and O–H groups in total. The second-order valence-corrected chi connectivity index (χ2v) is 4.20. The first-order chi connectivity index (χ1) is 8.53. The van der Waals surface area contributed by atoms with Crippen LogP contribution in [0.4, 0.5) is 0 Å². The van der Waals surface area contributed by atoms with E-state index in [1.807, 2.05) is 0 Å². The summed E-state index contributed by atoms with van der Waals surface area (Å²) in [5.74, 6) is -0.427. The molecular weight excluding hydrogens is 304 g/mol. The summed E-state index contributed by atoms with van der Waals surface area (Å²) in [6.07, 6.45) is -0.0628. The van der Waals surface area contributed by atoms with Crippen molar-refractivity contribution in [3.63, 3.8) is 0 Å². The molecule has 1 rings (SSSR count). The van der Waals surface area contributed by atoms with Crippen molar-refractivity contribution in [3.05, 3.63) is 22.2 Å². The Morgan fingerprint density at radius 3 is 2.00 bits per heavy atom. The summed E-state index contributed by atoms with van der Waals surface area (Å²) in [5.41, 5.74) is 0.613. The molecule has 0 unspecified atom stereocenters. The Morgan fingerprint density at radius 1 is 1.11 bits per heavy atom. The lowest BCUT2D eigenvalue weighted by Gasteiger charge is -2.10. The van der Waals surface area contributed by atoms with Crippen LogP contribution in [-0.2, 0) is 20.7 Å². The predicted octanol–water partition coefficient (Wildman–Crippen LogP) is 1.75. The Morgan fingerprint density at radius 2 is 1.61 bits per heavy atom. The molecule has 18 heavy (non-hydrogen) atoms. The Bertz CT molecular complexity index is 445. The van der Waals surface area contributed by atoms with E-state index in [1.165, 1.54) is 21.3 Å². The largest absolute Gasteiger partial charge is 0.495 e. The van der Waals surface area contributed by atoms with E-state index >= 15 is 0 Å². The number of rotatable bonds is 5. The average Bonchev–Trinajstić information content (AvgIpc) is 2.39. The van der Waals surface area contributed by atoms with Gasteiger partial charge in [-0.1, -0.05) is 0 Å². The molecule has 6 heteroatoms. The SMILES string of the molecule is COC(=O)C(=O)Cc1cc(OC)c(Br)c(OC)c1. The summed E-state index contributed by atoms with van der Waals surface area (Å²) in [6, 6.07) is 3.32. The van der Waals surface area contributed by atoms with Gasteiger partial charge in [0.05, 0.1) is 21.3 Å². The molecular formula is C12H13BrO5. The molecule has 0 aliphatic heterocycles.